The van der Waals surface area contributed by atoms with Crippen LogP contribution in [0.4, 0.5) is 0 Å². The molecular formula is C14H20N2. The fourth-order valence-corrected chi connectivity index (χ4v) is 3.05. The second-order valence-corrected chi connectivity index (χ2v) is 5.13. The van der Waals surface area contributed by atoms with Crippen LogP contribution in [0.15, 0.2) is 24.3 Å². The Labute approximate surface area is 97.6 Å². The number of nitrogens with zero attached hydrogens (tertiary/aromatic N) is 1. The van der Waals surface area contributed by atoms with Gasteiger partial charge in [0.05, 0.1) is 0 Å². The minimum absolute atomic E-state index is 0.516. The fraction of sp³-hybridized carbons (Fsp3) is 0.571. The number of fused-ring (bicyclic) bond motifs is 1. The predicted molar refractivity (Wildman–Crippen MR) is 66.5 cm³/mol. The van der Waals surface area contributed by atoms with E-state index in [0.717, 1.165) is 6.04 Å². The molecule has 0 heterocycles. The van der Waals surface area contributed by atoms with Gasteiger partial charge in [-0.15, -0.1) is 0 Å². The second-order valence-electron chi connectivity index (χ2n) is 5.13. The molecule has 2 atom stereocenters. The van der Waals surface area contributed by atoms with Crippen molar-refractivity contribution in [1.82, 2.24) is 10.2 Å². The molecular weight excluding hydrogens is 196 g/mol. The van der Waals surface area contributed by atoms with Gasteiger partial charge >= 0.3 is 0 Å². The number of hydrogen-bond acceptors (Lipinski definition) is 2. The van der Waals surface area contributed by atoms with Crippen molar-refractivity contribution in [3.8, 4) is 0 Å². The normalized spacial score (nSPS) is 28.4. The Balaban J connectivity index is 1.88. The highest BCUT2D eigenvalue weighted by molar-refractivity contribution is 5.37. The van der Waals surface area contributed by atoms with Gasteiger partial charge in [0, 0.05) is 18.1 Å². The SMILES string of the molecule is CNC1c2ccccc2CC1N(C)C1CC1. The Bertz CT molecular complexity index is 384. The summed E-state index contributed by atoms with van der Waals surface area (Å²) in [6, 6.07) is 10.9. The van der Waals surface area contributed by atoms with E-state index in [1.807, 2.05) is 0 Å². The molecule has 0 spiro atoms. The third-order valence-corrected chi connectivity index (χ3v) is 4.16. The van der Waals surface area contributed by atoms with Crippen LogP contribution >= 0.6 is 0 Å². The highest BCUT2D eigenvalue weighted by Crippen LogP contribution is 2.38. The molecule has 0 saturated heterocycles. The van der Waals surface area contributed by atoms with Crippen molar-refractivity contribution in [1.29, 1.82) is 0 Å². The zero-order valence-corrected chi connectivity index (χ0v) is 10.1. The molecule has 0 amide bonds. The molecule has 2 nitrogen and oxygen atoms in total. The molecule has 86 valence electrons. The first-order valence-electron chi connectivity index (χ1n) is 6.28. The lowest BCUT2D eigenvalue weighted by atomic mass is 10.1. The van der Waals surface area contributed by atoms with Crippen LogP contribution in [0.5, 0.6) is 0 Å². The molecule has 1 aromatic rings. The quantitative estimate of drug-likeness (QED) is 0.831. The van der Waals surface area contributed by atoms with E-state index < -0.39 is 0 Å². The van der Waals surface area contributed by atoms with Crippen LogP contribution in [-0.2, 0) is 6.42 Å². The van der Waals surface area contributed by atoms with Crippen LogP contribution < -0.4 is 5.32 Å². The highest BCUT2D eigenvalue weighted by atomic mass is 15.2. The monoisotopic (exact) mass is 216 g/mol. The first-order chi connectivity index (χ1) is 7.81. The third-order valence-electron chi connectivity index (χ3n) is 4.16. The average molecular weight is 216 g/mol. The summed E-state index contributed by atoms with van der Waals surface area (Å²) in [7, 11) is 4.37. The van der Waals surface area contributed by atoms with Gasteiger partial charge in [-0.3, -0.25) is 4.90 Å². The number of hydrogen-bond donors (Lipinski definition) is 1. The van der Waals surface area contributed by atoms with Crippen LogP contribution in [0.2, 0.25) is 0 Å². The smallest absolute Gasteiger partial charge is 0.0481 e. The Morgan fingerprint density at radius 3 is 2.69 bits per heavy atom. The molecule has 0 aromatic heterocycles. The van der Waals surface area contributed by atoms with Gasteiger partial charge in [0.15, 0.2) is 0 Å². The van der Waals surface area contributed by atoms with E-state index in [4.69, 9.17) is 0 Å². The zero-order chi connectivity index (χ0) is 11.1. The maximum absolute atomic E-state index is 3.49. The Kier molecular flexibility index (Phi) is 2.49. The van der Waals surface area contributed by atoms with Gasteiger partial charge in [-0.1, -0.05) is 24.3 Å². The largest absolute Gasteiger partial charge is 0.312 e. The average Bonchev–Trinajstić information content (AvgIpc) is 3.08. The first-order valence-corrected chi connectivity index (χ1v) is 6.28. The van der Waals surface area contributed by atoms with Crippen molar-refractivity contribution in [3.63, 3.8) is 0 Å². The molecule has 1 fully saturated rings. The molecule has 3 rings (SSSR count). The van der Waals surface area contributed by atoms with Crippen molar-refractivity contribution in [2.24, 2.45) is 0 Å². The van der Waals surface area contributed by atoms with Gasteiger partial charge in [0.2, 0.25) is 0 Å². The van der Waals surface area contributed by atoms with Crippen LogP contribution in [0.1, 0.15) is 30.0 Å². The molecule has 0 radical (unpaired) electrons. The molecule has 1 N–H and O–H groups in total. The maximum Gasteiger partial charge on any atom is 0.0481 e. The summed E-state index contributed by atoms with van der Waals surface area (Å²) in [4.78, 5) is 2.58. The number of benzene rings is 1. The summed E-state index contributed by atoms with van der Waals surface area (Å²) >= 11 is 0. The topological polar surface area (TPSA) is 15.3 Å². The first kappa shape index (κ1) is 10.3. The minimum Gasteiger partial charge on any atom is -0.312 e. The molecule has 2 heteroatoms. The molecule has 0 aliphatic heterocycles. The van der Waals surface area contributed by atoms with Crippen molar-refractivity contribution in [2.45, 2.75) is 37.4 Å². The third kappa shape index (κ3) is 1.57. The van der Waals surface area contributed by atoms with Gasteiger partial charge in [0.1, 0.15) is 0 Å². The van der Waals surface area contributed by atoms with E-state index in [1.165, 1.54) is 30.4 Å². The van der Waals surface area contributed by atoms with Crippen molar-refractivity contribution in [3.05, 3.63) is 35.4 Å². The van der Waals surface area contributed by atoms with Crippen molar-refractivity contribution >= 4 is 0 Å². The van der Waals surface area contributed by atoms with E-state index in [2.05, 4.69) is 48.6 Å². The number of rotatable bonds is 3. The maximum atomic E-state index is 3.49. The standard InChI is InChI=1S/C14H20N2/c1-15-14-12-6-4-3-5-10(12)9-13(14)16(2)11-7-8-11/h3-6,11,13-15H,7-9H2,1-2H3. The van der Waals surface area contributed by atoms with Crippen molar-refractivity contribution < 1.29 is 0 Å². The van der Waals surface area contributed by atoms with Gasteiger partial charge < -0.3 is 5.32 Å². The summed E-state index contributed by atoms with van der Waals surface area (Å²) < 4.78 is 0. The summed E-state index contributed by atoms with van der Waals surface area (Å²) in [5, 5.41) is 3.49. The van der Waals surface area contributed by atoms with E-state index in [9.17, 15) is 0 Å². The summed E-state index contributed by atoms with van der Waals surface area (Å²) in [6.07, 6.45) is 3.98. The molecule has 2 unspecified atom stereocenters. The lowest BCUT2D eigenvalue weighted by molar-refractivity contribution is 0.199. The molecule has 1 aromatic carbocycles. The molecule has 16 heavy (non-hydrogen) atoms. The van der Waals surface area contributed by atoms with Gasteiger partial charge in [-0.2, -0.15) is 0 Å². The fourth-order valence-electron chi connectivity index (χ4n) is 3.05. The molecule has 2 aliphatic carbocycles. The molecule has 1 saturated carbocycles. The molecule has 0 bridgehead atoms. The van der Waals surface area contributed by atoms with E-state index in [0.29, 0.717) is 12.1 Å². The van der Waals surface area contributed by atoms with Crippen LogP contribution in [-0.4, -0.2) is 31.1 Å². The zero-order valence-electron chi connectivity index (χ0n) is 10.1. The minimum atomic E-state index is 0.516. The van der Waals surface area contributed by atoms with Crippen LogP contribution in [0.3, 0.4) is 0 Å². The van der Waals surface area contributed by atoms with Gasteiger partial charge in [-0.05, 0) is 44.5 Å². The lowest BCUT2D eigenvalue weighted by Crippen LogP contribution is -2.40. The Hall–Kier alpha value is -0.860. The van der Waals surface area contributed by atoms with Crippen molar-refractivity contribution in [2.75, 3.05) is 14.1 Å². The summed E-state index contributed by atoms with van der Waals surface area (Å²) in [6.45, 7) is 0. The highest BCUT2D eigenvalue weighted by Gasteiger charge is 2.39. The van der Waals surface area contributed by atoms with Gasteiger partial charge in [0.25, 0.3) is 0 Å². The Morgan fingerprint density at radius 2 is 2.00 bits per heavy atom. The number of likely N-dealkylation sites (N-methyl/N-ethyl adjacent to an activating group) is 2. The summed E-state index contributed by atoms with van der Waals surface area (Å²) in [5.41, 5.74) is 3.03. The predicted octanol–water partition coefficient (Wildman–Crippen LogP) is 1.97. The molecule has 2 aliphatic rings. The van der Waals surface area contributed by atoms with Gasteiger partial charge in [-0.25, -0.2) is 0 Å². The van der Waals surface area contributed by atoms with E-state index in [1.54, 1.807) is 0 Å². The van der Waals surface area contributed by atoms with Crippen LogP contribution in [0, 0.1) is 0 Å². The number of nitrogens with one attached hydrogen (secondary N) is 1. The van der Waals surface area contributed by atoms with Crippen LogP contribution in [0.25, 0.3) is 0 Å². The van der Waals surface area contributed by atoms with E-state index >= 15 is 0 Å². The van der Waals surface area contributed by atoms with E-state index in [-0.39, 0.29) is 0 Å². The lowest BCUT2D eigenvalue weighted by Gasteiger charge is -2.29. The Morgan fingerprint density at radius 1 is 1.25 bits per heavy atom. The second kappa shape index (κ2) is 3.86. The summed E-state index contributed by atoms with van der Waals surface area (Å²) in [5.74, 6) is 0.